The van der Waals surface area contributed by atoms with Crippen LogP contribution >= 0.6 is 0 Å². The van der Waals surface area contributed by atoms with Crippen molar-refractivity contribution in [3.8, 4) is 5.88 Å². The number of allylic oxidation sites excluding steroid dienone is 2. The predicted molar refractivity (Wildman–Crippen MR) is 65.5 cm³/mol. The Balaban J connectivity index is 1.90. The molecule has 2 rings (SSSR count). The Bertz CT molecular complexity index is 442. The average molecular weight is 248 g/mol. The molecule has 0 fully saturated rings. The molecule has 0 aromatic carbocycles. The number of carbonyl (C=O) groups is 1. The molecule has 0 aliphatic heterocycles. The normalized spacial score (nSPS) is 22.7. The minimum atomic E-state index is -1.08. The van der Waals surface area contributed by atoms with Gasteiger partial charge in [-0.1, -0.05) is 19.1 Å². The molecular formula is C13H16N2O3. The number of ether oxygens (including phenoxy) is 1. The number of hydrogen-bond acceptors (Lipinski definition) is 4. The summed E-state index contributed by atoms with van der Waals surface area (Å²) in [5.74, 6) is 0.374. The number of rotatable bonds is 4. The first-order valence-corrected chi connectivity index (χ1v) is 6.00. The Kier molecular flexibility index (Phi) is 3.92. The molecule has 5 heteroatoms. The quantitative estimate of drug-likeness (QED) is 0.826. The highest BCUT2D eigenvalue weighted by Crippen LogP contribution is 2.25. The van der Waals surface area contributed by atoms with Crippen molar-refractivity contribution in [1.82, 2.24) is 9.97 Å². The van der Waals surface area contributed by atoms with Crippen molar-refractivity contribution in [1.29, 1.82) is 0 Å². The van der Waals surface area contributed by atoms with Crippen LogP contribution in [0.15, 0.2) is 24.5 Å². The lowest BCUT2D eigenvalue weighted by atomic mass is 9.85. The van der Waals surface area contributed by atoms with E-state index in [1.54, 1.807) is 0 Å². The number of carboxylic acids is 1. The molecule has 18 heavy (non-hydrogen) atoms. The SMILES string of the molecule is CC1CC=CCC1COc1cnc(C(=O)O)cn1. The molecule has 0 saturated carbocycles. The summed E-state index contributed by atoms with van der Waals surface area (Å²) in [6, 6.07) is 0. The van der Waals surface area contributed by atoms with Crippen molar-refractivity contribution in [2.75, 3.05) is 6.61 Å². The van der Waals surface area contributed by atoms with Crippen LogP contribution in [-0.4, -0.2) is 27.7 Å². The Morgan fingerprint density at radius 2 is 2.17 bits per heavy atom. The van der Waals surface area contributed by atoms with Crippen LogP contribution in [0.4, 0.5) is 0 Å². The van der Waals surface area contributed by atoms with Crippen LogP contribution in [0.1, 0.15) is 30.3 Å². The minimum absolute atomic E-state index is 0.0729. The van der Waals surface area contributed by atoms with Gasteiger partial charge in [0.1, 0.15) is 0 Å². The maximum absolute atomic E-state index is 10.6. The molecule has 96 valence electrons. The lowest BCUT2D eigenvalue weighted by Gasteiger charge is -2.24. The van der Waals surface area contributed by atoms with Gasteiger partial charge in [0.05, 0.1) is 19.0 Å². The monoisotopic (exact) mass is 248 g/mol. The Hall–Kier alpha value is -1.91. The van der Waals surface area contributed by atoms with Gasteiger partial charge in [-0.05, 0) is 24.7 Å². The second kappa shape index (κ2) is 5.62. The van der Waals surface area contributed by atoms with Gasteiger partial charge < -0.3 is 9.84 Å². The van der Waals surface area contributed by atoms with Crippen molar-refractivity contribution in [2.24, 2.45) is 11.8 Å². The summed E-state index contributed by atoms with van der Waals surface area (Å²) >= 11 is 0. The molecule has 2 atom stereocenters. The van der Waals surface area contributed by atoms with Crippen LogP contribution in [0, 0.1) is 11.8 Å². The second-order valence-corrected chi connectivity index (χ2v) is 4.54. The van der Waals surface area contributed by atoms with Crippen LogP contribution in [-0.2, 0) is 0 Å². The summed E-state index contributed by atoms with van der Waals surface area (Å²) in [5.41, 5.74) is -0.0729. The second-order valence-electron chi connectivity index (χ2n) is 4.54. The summed E-state index contributed by atoms with van der Waals surface area (Å²) < 4.78 is 5.55. The first-order chi connectivity index (χ1) is 8.66. The summed E-state index contributed by atoms with van der Waals surface area (Å²) in [7, 11) is 0. The summed E-state index contributed by atoms with van der Waals surface area (Å²) in [6.07, 6.45) is 9.03. The maximum atomic E-state index is 10.6. The number of nitrogens with zero attached hydrogens (tertiary/aromatic N) is 2. The van der Waals surface area contributed by atoms with Crippen LogP contribution in [0.2, 0.25) is 0 Å². The number of hydrogen-bond donors (Lipinski definition) is 1. The molecule has 1 aliphatic rings. The lowest BCUT2D eigenvalue weighted by Crippen LogP contribution is -2.21. The fourth-order valence-corrected chi connectivity index (χ4v) is 1.93. The largest absolute Gasteiger partial charge is 0.476 e. The van der Waals surface area contributed by atoms with Gasteiger partial charge in [0.2, 0.25) is 5.88 Å². The molecule has 0 radical (unpaired) electrons. The molecule has 0 bridgehead atoms. The van der Waals surface area contributed by atoms with E-state index in [1.165, 1.54) is 12.4 Å². The zero-order chi connectivity index (χ0) is 13.0. The van der Waals surface area contributed by atoms with Crippen molar-refractivity contribution in [3.05, 3.63) is 30.2 Å². The van der Waals surface area contributed by atoms with Gasteiger partial charge in [-0.15, -0.1) is 0 Å². The van der Waals surface area contributed by atoms with E-state index >= 15 is 0 Å². The molecule has 0 amide bonds. The van der Waals surface area contributed by atoms with E-state index in [0.29, 0.717) is 24.3 Å². The molecular weight excluding hydrogens is 232 g/mol. The van der Waals surface area contributed by atoms with Gasteiger partial charge >= 0.3 is 5.97 Å². The highest BCUT2D eigenvalue weighted by molar-refractivity contribution is 5.84. The first kappa shape index (κ1) is 12.5. The molecule has 1 aromatic heterocycles. The van der Waals surface area contributed by atoms with Crippen LogP contribution in [0.3, 0.4) is 0 Å². The van der Waals surface area contributed by atoms with E-state index in [2.05, 4.69) is 29.0 Å². The fourth-order valence-electron chi connectivity index (χ4n) is 1.93. The Morgan fingerprint density at radius 1 is 1.39 bits per heavy atom. The van der Waals surface area contributed by atoms with Crippen LogP contribution in [0.25, 0.3) is 0 Å². The highest BCUT2D eigenvalue weighted by Gasteiger charge is 2.19. The third-order valence-corrected chi connectivity index (χ3v) is 3.21. The fraction of sp³-hybridized carbons (Fsp3) is 0.462. The van der Waals surface area contributed by atoms with E-state index in [0.717, 1.165) is 12.8 Å². The summed E-state index contributed by atoms with van der Waals surface area (Å²) in [5, 5.41) is 8.69. The van der Waals surface area contributed by atoms with Crippen molar-refractivity contribution >= 4 is 5.97 Å². The van der Waals surface area contributed by atoms with E-state index in [1.807, 2.05) is 0 Å². The maximum Gasteiger partial charge on any atom is 0.356 e. The predicted octanol–water partition coefficient (Wildman–Crippen LogP) is 2.16. The van der Waals surface area contributed by atoms with E-state index in [-0.39, 0.29) is 5.69 Å². The summed E-state index contributed by atoms with van der Waals surface area (Å²) in [4.78, 5) is 18.3. The van der Waals surface area contributed by atoms with E-state index in [9.17, 15) is 4.79 Å². The standard InChI is InChI=1S/C13H16N2O3/c1-9-4-2-3-5-10(9)8-18-12-7-14-11(6-15-12)13(16)17/h2-3,6-7,9-10H,4-5,8H2,1H3,(H,16,17). The van der Waals surface area contributed by atoms with Gasteiger partial charge in [-0.25, -0.2) is 14.8 Å². The summed E-state index contributed by atoms with van der Waals surface area (Å²) in [6.45, 7) is 2.79. The van der Waals surface area contributed by atoms with Gasteiger partial charge in [-0.2, -0.15) is 0 Å². The topological polar surface area (TPSA) is 72.3 Å². The number of aromatic carboxylic acids is 1. The number of aromatic nitrogens is 2. The van der Waals surface area contributed by atoms with Crippen LogP contribution < -0.4 is 4.74 Å². The lowest BCUT2D eigenvalue weighted by molar-refractivity contribution is 0.0689. The third-order valence-electron chi connectivity index (χ3n) is 3.21. The highest BCUT2D eigenvalue weighted by atomic mass is 16.5. The zero-order valence-electron chi connectivity index (χ0n) is 10.2. The Morgan fingerprint density at radius 3 is 2.78 bits per heavy atom. The molecule has 5 nitrogen and oxygen atoms in total. The first-order valence-electron chi connectivity index (χ1n) is 6.00. The van der Waals surface area contributed by atoms with Crippen molar-refractivity contribution < 1.29 is 14.6 Å². The average Bonchev–Trinajstić information content (AvgIpc) is 2.38. The third kappa shape index (κ3) is 3.06. The molecule has 0 saturated heterocycles. The smallest absolute Gasteiger partial charge is 0.356 e. The molecule has 1 heterocycles. The molecule has 1 aromatic rings. The molecule has 0 spiro atoms. The van der Waals surface area contributed by atoms with Crippen molar-refractivity contribution in [2.45, 2.75) is 19.8 Å². The van der Waals surface area contributed by atoms with Crippen LogP contribution in [0.5, 0.6) is 5.88 Å². The minimum Gasteiger partial charge on any atom is -0.476 e. The van der Waals surface area contributed by atoms with E-state index < -0.39 is 5.97 Å². The van der Waals surface area contributed by atoms with Crippen molar-refractivity contribution in [3.63, 3.8) is 0 Å². The Labute approximate surface area is 106 Å². The number of carboxylic acid groups (broad SMARTS) is 1. The molecule has 2 unspecified atom stereocenters. The van der Waals surface area contributed by atoms with Gasteiger partial charge in [0.15, 0.2) is 5.69 Å². The molecule has 1 N–H and O–H groups in total. The van der Waals surface area contributed by atoms with Gasteiger partial charge in [0.25, 0.3) is 0 Å². The van der Waals surface area contributed by atoms with E-state index in [4.69, 9.17) is 9.84 Å². The molecule has 1 aliphatic carbocycles. The van der Waals surface area contributed by atoms with Gasteiger partial charge in [-0.3, -0.25) is 0 Å². The van der Waals surface area contributed by atoms with Gasteiger partial charge in [0, 0.05) is 0 Å². The zero-order valence-corrected chi connectivity index (χ0v) is 10.2.